The van der Waals surface area contributed by atoms with Gasteiger partial charge in [-0.3, -0.25) is 0 Å². The molecule has 0 heterocycles. The van der Waals surface area contributed by atoms with E-state index in [-0.39, 0.29) is 27.3 Å². The molecule has 2 N–H and O–H groups in total. The number of methoxy groups -OCH3 is 1. The van der Waals surface area contributed by atoms with Crippen LogP contribution in [-0.2, 0) is 10.0 Å². The van der Waals surface area contributed by atoms with Gasteiger partial charge in [-0.15, -0.1) is 0 Å². The molecule has 8 heteroatoms. The predicted octanol–water partition coefficient (Wildman–Crippen LogP) is 2.12. The van der Waals surface area contributed by atoms with Crippen LogP contribution in [0.5, 0.6) is 5.75 Å². The second-order valence-corrected chi connectivity index (χ2v) is 7.30. The van der Waals surface area contributed by atoms with E-state index in [1.54, 1.807) is 0 Å². The number of hydrogen-bond donors (Lipinski definition) is 2. The van der Waals surface area contributed by atoms with Crippen molar-refractivity contribution in [2.75, 3.05) is 7.11 Å². The molecule has 116 valence electrons. The lowest BCUT2D eigenvalue weighted by Crippen LogP contribution is -2.43. The van der Waals surface area contributed by atoms with Crippen molar-refractivity contribution in [1.82, 2.24) is 4.72 Å². The van der Waals surface area contributed by atoms with E-state index in [0.29, 0.717) is 5.92 Å². The first-order valence-electron chi connectivity index (χ1n) is 6.37. The maximum atomic E-state index is 12.4. The molecule has 0 radical (unpaired) electrons. The average molecular weight is 334 g/mol. The van der Waals surface area contributed by atoms with E-state index in [0.717, 1.165) is 18.9 Å². The quantitative estimate of drug-likeness (QED) is 0.861. The molecule has 1 aromatic rings. The number of ether oxygens (including phenoxy) is 1. The Morgan fingerprint density at radius 3 is 2.52 bits per heavy atom. The van der Waals surface area contributed by atoms with Gasteiger partial charge in [0.1, 0.15) is 10.5 Å². The lowest BCUT2D eigenvalue weighted by Gasteiger charge is -2.33. The Labute approximate surface area is 128 Å². The molecule has 1 fully saturated rings. The summed E-state index contributed by atoms with van der Waals surface area (Å²) in [6.07, 6.45) is 1.52. The van der Waals surface area contributed by atoms with Gasteiger partial charge in [0.05, 0.1) is 7.11 Å². The van der Waals surface area contributed by atoms with Crippen molar-refractivity contribution in [3.8, 4) is 5.75 Å². The van der Waals surface area contributed by atoms with Crippen molar-refractivity contribution in [1.29, 1.82) is 0 Å². The van der Waals surface area contributed by atoms with Gasteiger partial charge < -0.3 is 9.84 Å². The minimum Gasteiger partial charge on any atom is -0.494 e. The van der Waals surface area contributed by atoms with Crippen LogP contribution in [-0.4, -0.2) is 32.6 Å². The minimum absolute atomic E-state index is 0.0237. The van der Waals surface area contributed by atoms with Gasteiger partial charge in [0.25, 0.3) is 0 Å². The van der Waals surface area contributed by atoms with E-state index in [1.165, 1.54) is 13.2 Å². The first-order chi connectivity index (χ1) is 9.74. The third kappa shape index (κ3) is 3.30. The summed E-state index contributed by atoms with van der Waals surface area (Å²) < 4.78 is 32.3. The fourth-order valence-electron chi connectivity index (χ4n) is 2.42. The summed E-state index contributed by atoms with van der Waals surface area (Å²) in [6, 6.07) is 2.21. The summed E-state index contributed by atoms with van der Waals surface area (Å²) in [5.74, 6) is -1.04. The van der Waals surface area contributed by atoms with Crippen molar-refractivity contribution < 1.29 is 23.1 Å². The minimum atomic E-state index is -3.89. The summed E-state index contributed by atoms with van der Waals surface area (Å²) in [6.45, 7) is 2.04. The number of benzene rings is 1. The van der Waals surface area contributed by atoms with Gasteiger partial charge >= 0.3 is 5.97 Å². The lowest BCUT2D eigenvalue weighted by molar-refractivity contribution is 0.0693. The molecule has 6 nitrogen and oxygen atoms in total. The molecule has 1 aliphatic carbocycles. The van der Waals surface area contributed by atoms with E-state index >= 15 is 0 Å². The molecule has 0 bridgehead atoms. The maximum absolute atomic E-state index is 12.4. The average Bonchev–Trinajstić information content (AvgIpc) is 2.35. The molecule has 0 unspecified atom stereocenters. The van der Waals surface area contributed by atoms with Gasteiger partial charge in [0, 0.05) is 11.1 Å². The fraction of sp³-hybridized carbons (Fsp3) is 0.462. The SMILES string of the molecule is COc1c(C(=O)O)cc(Cl)cc1S(=O)(=O)NC1CC(C)C1. The van der Waals surface area contributed by atoms with Gasteiger partial charge in [-0.05, 0) is 30.9 Å². The molecule has 0 saturated heterocycles. The first-order valence-corrected chi connectivity index (χ1v) is 8.24. The second-order valence-electron chi connectivity index (χ2n) is 5.18. The smallest absolute Gasteiger partial charge is 0.339 e. The van der Waals surface area contributed by atoms with Crippen LogP contribution < -0.4 is 9.46 Å². The lowest BCUT2D eigenvalue weighted by atomic mass is 9.83. The Morgan fingerprint density at radius 1 is 1.43 bits per heavy atom. The summed E-state index contributed by atoms with van der Waals surface area (Å²) >= 11 is 5.83. The van der Waals surface area contributed by atoms with Crippen LogP contribution in [0.1, 0.15) is 30.1 Å². The number of carbonyl (C=O) groups is 1. The highest BCUT2D eigenvalue weighted by Gasteiger charge is 2.32. The predicted molar refractivity (Wildman–Crippen MR) is 77.5 cm³/mol. The Hall–Kier alpha value is -1.31. The highest BCUT2D eigenvalue weighted by Crippen LogP contribution is 2.34. The van der Waals surface area contributed by atoms with Crippen LogP contribution in [0, 0.1) is 5.92 Å². The monoisotopic (exact) mass is 333 g/mol. The van der Waals surface area contributed by atoms with Gasteiger partial charge in [0.2, 0.25) is 10.0 Å². The number of carboxylic acids is 1. The number of nitrogens with one attached hydrogen (secondary N) is 1. The zero-order valence-electron chi connectivity index (χ0n) is 11.6. The molecule has 0 amide bonds. The van der Waals surface area contributed by atoms with Gasteiger partial charge in [0.15, 0.2) is 5.75 Å². The molecule has 0 aromatic heterocycles. The second kappa shape index (κ2) is 5.82. The summed E-state index contributed by atoms with van der Waals surface area (Å²) in [5, 5.41) is 9.16. The number of sulfonamides is 1. The highest BCUT2D eigenvalue weighted by molar-refractivity contribution is 7.89. The Balaban J connectivity index is 2.44. The molecule has 2 rings (SSSR count). The number of aromatic carboxylic acids is 1. The van der Waals surface area contributed by atoms with E-state index in [2.05, 4.69) is 4.72 Å². The third-order valence-corrected chi connectivity index (χ3v) is 5.18. The van der Waals surface area contributed by atoms with Crippen molar-refractivity contribution in [2.45, 2.75) is 30.7 Å². The Bertz CT molecular complexity index is 667. The summed E-state index contributed by atoms with van der Waals surface area (Å²) in [4.78, 5) is 10.9. The standard InChI is InChI=1S/C13H16ClNO5S/c1-7-3-9(4-7)15-21(18,19)11-6-8(14)5-10(13(16)17)12(11)20-2/h5-7,9,15H,3-4H2,1-2H3,(H,16,17). The van der Waals surface area contributed by atoms with Crippen LogP contribution in [0.3, 0.4) is 0 Å². The van der Waals surface area contributed by atoms with Gasteiger partial charge in [-0.25, -0.2) is 17.9 Å². The molecule has 1 aromatic carbocycles. The van der Waals surface area contributed by atoms with E-state index < -0.39 is 16.0 Å². The van der Waals surface area contributed by atoms with Crippen LogP contribution in [0.25, 0.3) is 0 Å². The fourth-order valence-corrected chi connectivity index (χ4v) is 4.18. The molecular weight excluding hydrogens is 318 g/mol. The number of halogens is 1. The topological polar surface area (TPSA) is 92.7 Å². The molecular formula is C13H16ClNO5S. The van der Waals surface area contributed by atoms with E-state index in [1.807, 2.05) is 6.92 Å². The van der Waals surface area contributed by atoms with Crippen molar-refractivity contribution in [2.24, 2.45) is 5.92 Å². The normalized spacial score (nSPS) is 21.7. The van der Waals surface area contributed by atoms with E-state index in [4.69, 9.17) is 21.4 Å². The van der Waals surface area contributed by atoms with Gasteiger partial charge in [-0.1, -0.05) is 18.5 Å². The van der Waals surface area contributed by atoms with Crippen molar-refractivity contribution in [3.63, 3.8) is 0 Å². The molecule has 0 aliphatic heterocycles. The van der Waals surface area contributed by atoms with Crippen LogP contribution in [0.15, 0.2) is 17.0 Å². The van der Waals surface area contributed by atoms with E-state index in [9.17, 15) is 13.2 Å². The summed E-state index contributed by atoms with van der Waals surface area (Å²) in [7, 11) is -2.67. The maximum Gasteiger partial charge on any atom is 0.339 e. The molecule has 0 atom stereocenters. The van der Waals surface area contributed by atoms with Crippen LogP contribution >= 0.6 is 11.6 Å². The van der Waals surface area contributed by atoms with Gasteiger partial charge in [-0.2, -0.15) is 0 Å². The third-order valence-electron chi connectivity index (χ3n) is 3.44. The molecule has 1 aliphatic rings. The van der Waals surface area contributed by atoms with Crippen molar-refractivity contribution in [3.05, 3.63) is 22.7 Å². The molecule has 0 spiro atoms. The van der Waals surface area contributed by atoms with Crippen molar-refractivity contribution >= 4 is 27.6 Å². The van der Waals surface area contributed by atoms with Crippen LogP contribution in [0.4, 0.5) is 0 Å². The largest absolute Gasteiger partial charge is 0.494 e. The highest BCUT2D eigenvalue weighted by atomic mass is 35.5. The molecule has 21 heavy (non-hydrogen) atoms. The van der Waals surface area contributed by atoms with Crippen LogP contribution in [0.2, 0.25) is 5.02 Å². The zero-order valence-corrected chi connectivity index (χ0v) is 13.2. The molecule has 1 saturated carbocycles. The first kappa shape index (κ1) is 16.1. The summed E-state index contributed by atoms with van der Waals surface area (Å²) in [5.41, 5.74) is -0.285. The zero-order chi connectivity index (χ0) is 15.8. The number of rotatable bonds is 5. The Kier molecular flexibility index (Phi) is 4.46. The number of carboxylic acid groups (broad SMARTS) is 1. The number of hydrogen-bond acceptors (Lipinski definition) is 4. The Morgan fingerprint density at radius 2 is 2.05 bits per heavy atom.